The molecule has 11 heteroatoms. The lowest BCUT2D eigenvalue weighted by molar-refractivity contribution is -0.122. The molecule has 0 N–H and O–H groups in total. The van der Waals surface area contributed by atoms with Crippen molar-refractivity contribution in [3.8, 4) is 0 Å². The lowest BCUT2D eigenvalue weighted by atomic mass is 10.2. The standard InChI is InChI=1S/C27H28ClN5O3S2/c1-18-6-4-9-32-23(18)29-24(31-13-11-30(12-14-31)20-8-3-7-19(28)16-20)21(25(32)34)17-22-26(35)33(27(37)38-22)10-5-15-36-2/h3-4,6-9,16-17H,5,10-15H2,1-2H3/b22-17+. The number of carbonyl (C=O) groups is 1. The molecule has 0 unspecified atom stereocenters. The summed E-state index contributed by atoms with van der Waals surface area (Å²) in [5.74, 6) is 0.390. The molecule has 2 fully saturated rings. The van der Waals surface area contributed by atoms with Crippen LogP contribution in [-0.2, 0) is 9.53 Å². The molecule has 2 aromatic heterocycles. The number of hydrogen-bond acceptors (Lipinski definition) is 8. The van der Waals surface area contributed by atoms with Gasteiger partial charge in [0.25, 0.3) is 11.5 Å². The first-order chi connectivity index (χ1) is 18.4. The van der Waals surface area contributed by atoms with E-state index in [1.807, 2.05) is 43.3 Å². The van der Waals surface area contributed by atoms with Crippen LogP contribution in [0.15, 0.2) is 52.3 Å². The number of aromatic nitrogens is 2. The first-order valence-corrected chi connectivity index (χ1v) is 14.0. The smallest absolute Gasteiger partial charge is 0.267 e. The predicted octanol–water partition coefficient (Wildman–Crippen LogP) is 4.22. The molecule has 2 aliphatic heterocycles. The number of carbonyl (C=O) groups excluding carboxylic acids is 1. The van der Waals surface area contributed by atoms with E-state index in [1.54, 1.807) is 28.7 Å². The zero-order valence-electron chi connectivity index (χ0n) is 21.2. The van der Waals surface area contributed by atoms with E-state index in [9.17, 15) is 9.59 Å². The van der Waals surface area contributed by atoms with Gasteiger partial charge in [-0.3, -0.25) is 18.9 Å². The van der Waals surface area contributed by atoms with Crippen LogP contribution < -0.4 is 15.4 Å². The molecule has 5 rings (SSSR count). The average molecular weight is 570 g/mol. The fraction of sp³-hybridized carbons (Fsp3) is 0.333. The third-order valence-electron chi connectivity index (χ3n) is 6.70. The minimum atomic E-state index is -0.212. The molecule has 8 nitrogen and oxygen atoms in total. The normalized spacial score (nSPS) is 17.3. The number of rotatable bonds is 7. The number of halogens is 1. The van der Waals surface area contributed by atoms with Crippen LogP contribution in [0.2, 0.25) is 5.02 Å². The van der Waals surface area contributed by atoms with Crippen molar-refractivity contribution >= 4 is 69.0 Å². The van der Waals surface area contributed by atoms with Crippen LogP contribution in [0, 0.1) is 6.92 Å². The Bertz CT molecular complexity index is 1480. The molecule has 1 amide bonds. The van der Waals surface area contributed by atoms with Crippen molar-refractivity contribution in [2.75, 3.05) is 56.2 Å². The molecular formula is C27H28ClN5O3S2. The van der Waals surface area contributed by atoms with E-state index in [4.69, 9.17) is 33.5 Å². The number of thiocarbonyl (C=S) groups is 1. The quantitative estimate of drug-likeness (QED) is 0.238. The van der Waals surface area contributed by atoms with E-state index in [0.717, 1.165) is 24.3 Å². The molecule has 0 bridgehead atoms. The molecule has 0 atom stereocenters. The molecule has 3 aromatic rings. The van der Waals surface area contributed by atoms with Gasteiger partial charge in [-0.25, -0.2) is 4.98 Å². The molecule has 0 aliphatic carbocycles. The maximum absolute atomic E-state index is 13.8. The van der Waals surface area contributed by atoms with Crippen LogP contribution in [0.5, 0.6) is 0 Å². The summed E-state index contributed by atoms with van der Waals surface area (Å²) in [6.45, 7) is 5.78. The van der Waals surface area contributed by atoms with Gasteiger partial charge in [0.05, 0.1) is 10.5 Å². The average Bonchev–Trinajstić information content (AvgIpc) is 3.18. The number of nitrogens with zero attached hydrogens (tertiary/aromatic N) is 5. The number of methoxy groups -OCH3 is 1. The van der Waals surface area contributed by atoms with Gasteiger partial charge in [-0.15, -0.1) is 0 Å². The Morgan fingerprint density at radius 2 is 1.89 bits per heavy atom. The van der Waals surface area contributed by atoms with Crippen molar-refractivity contribution in [3.63, 3.8) is 0 Å². The number of aryl methyl sites for hydroxylation is 1. The number of amides is 1. The highest BCUT2D eigenvalue weighted by atomic mass is 35.5. The molecule has 4 heterocycles. The molecule has 2 saturated heterocycles. The molecule has 198 valence electrons. The van der Waals surface area contributed by atoms with Crippen molar-refractivity contribution in [3.05, 3.63) is 74.0 Å². The summed E-state index contributed by atoms with van der Waals surface area (Å²) >= 11 is 12.9. The van der Waals surface area contributed by atoms with Crippen molar-refractivity contribution < 1.29 is 9.53 Å². The van der Waals surface area contributed by atoms with E-state index in [-0.39, 0.29) is 11.5 Å². The summed E-state index contributed by atoms with van der Waals surface area (Å²) in [5, 5.41) is 0.700. The van der Waals surface area contributed by atoms with E-state index in [2.05, 4.69) is 9.80 Å². The largest absolute Gasteiger partial charge is 0.385 e. The van der Waals surface area contributed by atoms with Crippen LogP contribution in [0.3, 0.4) is 0 Å². The molecule has 0 saturated carbocycles. The van der Waals surface area contributed by atoms with Gasteiger partial charge in [0.1, 0.15) is 15.8 Å². The number of anilines is 2. The SMILES string of the molecule is COCCCN1C(=O)/C(=C\c2c(N3CCN(c4cccc(Cl)c4)CC3)nc3c(C)cccn3c2=O)SC1=S. The molecule has 0 radical (unpaired) electrons. The van der Waals surface area contributed by atoms with Crippen LogP contribution >= 0.6 is 35.6 Å². The van der Waals surface area contributed by atoms with E-state index in [0.29, 0.717) is 63.9 Å². The zero-order chi connectivity index (χ0) is 26.8. The van der Waals surface area contributed by atoms with Gasteiger partial charge in [0.2, 0.25) is 0 Å². The van der Waals surface area contributed by atoms with Crippen molar-refractivity contribution in [1.82, 2.24) is 14.3 Å². The number of piperazine rings is 1. The second-order valence-corrected chi connectivity index (χ2v) is 11.3. The zero-order valence-corrected chi connectivity index (χ0v) is 23.6. The van der Waals surface area contributed by atoms with Gasteiger partial charge >= 0.3 is 0 Å². The monoisotopic (exact) mass is 569 g/mol. The predicted molar refractivity (Wildman–Crippen MR) is 158 cm³/mol. The number of pyridine rings is 1. The fourth-order valence-corrected chi connectivity index (χ4v) is 6.18. The Hall–Kier alpha value is -2.92. The highest BCUT2D eigenvalue weighted by Gasteiger charge is 2.33. The minimum absolute atomic E-state index is 0.193. The second kappa shape index (κ2) is 11.4. The molecule has 1 aromatic carbocycles. The highest BCUT2D eigenvalue weighted by Crippen LogP contribution is 2.34. The summed E-state index contributed by atoms with van der Waals surface area (Å²) in [6, 6.07) is 11.6. The van der Waals surface area contributed by atoms with Gasteiger partial charge in [-0.1, -0.05) is 47.7 Å². The van der Waals surface area contributed by atoms with Crippen LogP contribution in [0.25, 0.3) is 11.7 Å². The number of hydrogen-bond donors (Lipinski definition) is 0. The fourth-order valence-electron chi connectivity index (χ4n) is 4.71. The van der Waals surface area contributed by atoms with E-state index in [1.165, 1.54) is 11.8 Å². The van der Waals surface area contributed by atoms with Crippen LogP contribution in [-0.4, -0.2) is 71.0 Å². The Kier molecular flexibility index (Phi) is 8.04. The third-order valence-corrected chi connectivity index (χ3v) is 8.31. The maximum Gasteiger partial charge on any atom is 0.267 e. The molecular weight excluding hydrogens is 542 g/mol. The van der Waals surface area contributed by atoms with Gasteiger partial charge in [0, 0.05) is 63.3 Å². The van der Waals surface area contributed by atoms with Crippen molar-refractivity contribution in [2.24, 2.45) is 0 Å². The highest BCUT2D eigenvalue weighted by molar-refractivity contribution is 8.26. The first-order valence-electron chi connectivity index (χ1n) is 12.4. The van der Waals surface area contributed by atoms with Crippen molar-refractivity contribution in [1.29, 1.82) is 0 Å². The summed E-state index contributed by atoms with van der Waals surface area (Å²) in [6.07, 6.45) is 4.06. The number of benzene rings is 1. The number of ether oxygens (including phenoxy) is 1. The van der Waals surface area contributed by atoms with Gasteiger partial charge < -0.3 is 14.5 Å². The Labute approximate surface area is 235 Å². The van der Waals surface area contributed by atoms with Crippen molar-refractivity contribution in [2.45, 2.75) is 13.3 Å². The molecule has 0 spiro atoms. The van der Waals surface area contributed by atoms with Gasteiger partial charge in [-0.2, -0.15) is 0 Å². The summed E-state index contributed by atoms with van der Waals surface area (Å²) in [7, 11) is 1.63. The first kappa shape index (κ1) is 26.7. The summed E-state index contributed by atoms with van der Waals surface area (Å²) < 4.78 is 7.15. The summed E-state index contributed by atoms with van der Waals surface area (Å²) in [4.78, 5) is 38.3. The van der Waals surface area contributed by atoms with Gasteiger partial charge in [-0.05, 0) is 49.2 Å². The number of thioether (sulfide) groups is 1. The molecule has 38 heavy (non-hydrogen) atoms. The third kappa shape index (κ3) is 5.31. The number of fused-ring (bicyclic) bond motifs is 1. The minimum Gasteiger partial charge on any atom is -0.385 e. The Balaban J connectivity index is 1.50. The lowest BCUT2D eigenvalue weighted by Gasteiger charge is -2.37. The Morgan fingerprint density at radius 1 is 1.13 bits per heavy atom. The second-order valence-electron chi connectivity index (χ2n) is 9.17. The van der Waals surface area contributed by atoms with Crippen LogP contribution in [0.1, 0.15) is 17.5 Å². The van der Waals surface area contributed by atoms with Gasteiger partial charge in [0.15, 0.2) is 0 Å². The Morgan fingerprint density at radius 3 is 2.63 bits per heavy atom. The summed E-state index contributed by atoms with van der Waals surface area (Å²) in [5.41, 5.74) is 2.75. The van der Waals surface area contributed by atoms with E-state index >= 15 is 0 Å². The molecule has 2 aliphatic rings. The lowest BCUT2D eigenvalue weighted by Crippen LogP contribution is -2.47. The maximum atomic E-state index is 13.8. The van der Waals surface area contributed by atoms with Crippen LogP contribution in [0.4, 0.5) is 11.5 Å². The topological polar surface area (TPSA) is 70.4 Å². The van der Waals surface area contributed by atoms with E-state index < -0.39 is 0 Å².